The number of rotatable bonds is 4. The Labute approximate surface area is 134 Å². The molecule has 3 rings (SSSR count). The topological polar surface area (TPSA) is 32.7 Å². The molecule has 0 radical (unpaired) electrons. The summed E-state index contributed by atoms with van der Waals surface area (Å²) in [5.41, 5.74) is 2.58. The average molecular weight is 303 g/mol. The van der Waals surface area contributed by atoms with Gasteiger partial charge in [0.25, 0.3) is 0 Å². The number of methoxy groups -OCH3 is 1. The maximum absolute atomic E-state index is 10.5. The first-order valence-corrected chi connectivity index (χ1v) is 8.63. The smallest absolute Gasteiger partial charge is 0.0880 e. The molecule has 2 aliphatic rings. The zero-order valence-electron chi connectivity index (χ0n) is 14.0. The van der Waals surface area contributed by atoms with E-state index in [-0.39, 0.29) is 0 Å². The van der Waals surface area contributed by atoms with Crippen molar-refractivity contribution in [3.63, 3.8) is 0 Å². The van der Waals surface area contributed by atoms with Crippen LogP contribution in [0.1, 0.15) is 44.6 Å². The van der Waals surface area contributed by atoms with Gasteiger partial charge in [0.2, 0.25) is 0 Å². The summed E-state index contributed by atoms with van der Waals surface area (Å²) in [5, 5.41) is 10.5. The van der Waals surface area contributed by atoms with E-state index in [4.69, 9.17) is 4.74 Å². The van der Waals surface area contributed by atoms with Crippen molar-refractivity contribution in [1.29, 1.82) is 0 Å². The van der Waals surface area contributed by atoms with Crippen molar-refractivity contribution in [3.8, 4) is 0 Å². The first-order valence-electron chi connectivity index (χ1n) is 8.63. The molecule has 0 aromatic heterocycles. The van der Waals surface area contributed by atoms with Crippen molar-refractivity contribution in [2.24, 2.45) is 5.41 Å². The molecule has 1 aliphatic carbocycles. The number of hydrogen-bond acceptors (Lipinski definition) is 3. The summed E-state index contributed by atoms with van der Waals surface area (Å²) < 4.78 is 5.19. The summed E-state index contributed by atoms with van der Waals surface area (Å²) >= 11 is 0. The van der Waals surface area contributed by atoms with Gasteiger partial charge in [-0.1, -0.05) is 19.1 Å². The van der Waals surface area contributed by atoms with Gasteiger partial charge in [0, 0.05) is 25.9 Å². The lowest BCUT2D eigenvalue weighted by Gasteiger charge is -2.41. The summed E-state index contributed by atoms with van der Waals surface area (Å²) in [6.07, 6.45) is 6.35. The predicted molar refractivity (Wildman–Crippen MR) is 90.4 cm³/mol. The number of aryl methyl sites for hydroxylation is 1. The van der Waals surface area contributed by atoms with Crippen LogP contribution in [0, 0.1) is 5.41 Å². The van der Waals surface area contributed by atoms with Crippen molar-refractivity contribution in [3.05, 3.63) is 29.8 Å². The van der Waals surface area contributed by atoms with E-state index in [0.29, 0.717) is 12.0 Å². The Bertz CT molecular complexity index is 489. The molecule has 1 N–H and O–H groups in total. The van der Waals surface area contributed by atoms with Gasteiger partial charge < -0.3 is 14.7 Å². The van der Waals surface area contributed by atoms with E-state index in [1.807, 2.05) is 0 Å². The third kappa shape index (κ3) is 3.16. The van der Waals surface area contributed by atoms with Crippen LogP contribution < -0.4 is 4.90 Å². The fraction of sp³-hybridized carbons (Fsp3) is 0.684. The van der Waals surface area contributed by atoms with Gasteiger partial charge in [0.05, 0.1) is 12.2 Å². The van der Waals surface area contributed by atoms with Gasteiger partial charge in [-0.3, -0.25) is 0 Å². The number of ether oxygens (including phenoxy) is 1. The largest absolute Gasteiger partial charge is 0.387 e. The Kier molecular flexibility index (Phi) is 4.47. The molecule has 3 nitrogen and oxygen atoms in total. The predicted octanol–water partition coefficient (Wildman–Crippen LogP) is 3.40. The SMILES string of the molecule is CCc1ccc(N2CCC3(CCC(O)(COC)CC3)C2)cc1. The van der Waals surface area contributed by atoms with Crippen LogP contribution in [0.15, 0.2) is 24.3 Å². The third-order valence-electron chi connectivity index (χ3n) is 5.80. The Morgan fingerprint density at radius 2 is 1.77 bits per heavy atom. The maximum Gasteiger partial charge on any atom is 0.0880 e. The molecule has 0 bridgehead atoms. The highest BCUT2D eigenvalue weighted by molar-refractivity contribution is 5.49. The zero-order valence-corrected chi connectivity index (χ0v) is 14.0. The van der Waals surface area contributed by atoms with Crippen molar-refractivity contribution in [1.82, 2.24) is 0 Å². The van der Waals surface area contributed by atoms with Gasteiger partial charge in [-0.15, -0.1) is 0 Å². The van der Waals surface area contributed by atoms with Crippen molar-refractivity contribution < 1.29 is 9.84 Å². The minimum Gasteiger partial charge on any atom is -0.387 e. The Hall–Kier alpha value is -1.06. The normalized spacial score (nSPS) is 31.9. The van der Waals surface area contributed by atoms with Crippen molar-refractivity contribution >= 4 is 5.69 Å². The fourth-order valence-corrected chi connectivity index (χ4v) is 4.16. The molecule has 1 saturated carbocycles. The number of benzene rings is 1. The lowest BCUT2D eigenvalue weighted by atomic mass is 9.68. The Balaban J connectivity index is 1.62. The number of nitrogens with zero attached hydrogens (tertiary/aromatic N) is 1. The molecule has 3 heteroatoms. The standard InChI is InChI=1S/C19H29NO2/c1-3-16-4-6-17(7-5-16)20-13-12-18(14-20)8-10-19(21,11-9-18)15-22-2/h4-7,21H,3,8-15H2,1-2H3. The van der Waals surface area contributed by atoms with Crippen LogP contribution in [-0.2, 0) is 11.2 Å². The van der Waals surface area contributed by atoms with Crippen LogP contribution in [0.4, 0.5) is 5.69 Å². The van der Waals surface area contributed by atoms with E-state index in [2.05, 4.69) is 36.1 Å². The maximum atomic E-state index is 10.5. The highest BCUT2D eigenvalue weighted by Crippen LogP contribution is 2.47. The van der Waals surface area contributed by atoms with E-state index in [0.717, 1.165) is 45.2 Å². The molecule has 0 unspecified atom stereocenters. The highest BCUT2D eigenvalue weighted by Gasteiger charge is 2.45. The molecule has 1 aromatic carbocycles. The van der Waals surface area contributed by atoms with E-state index >= 15 is 0 Å². The summed E-state index contributed by atoms with van der Waals surface area (Å²) in [6, 6.07) is 9.03. The second kappa shape index (κ2) is 6.21. The number of anilines is 1. The molecule has 1 heterocycles. The second-order valence-electron chi connectivity index (χ2n) is 7.35. The molecule has 0 atom stereocenters. The first-order chi connectivity index (χ1) is 10.6. The quantitative estimate of drug-likeness (QED) is 0.925. The molecule has 1 aromatic rings. The van der Waals surface area contributed by atoms with Crippen molar-refractivity contribution in [2.75, 3.05) is 31.7 Å². The number of aliphatic hydroxyl groups is 1. The molecule has 22 heavy (non-hydrogen) atoms. The molecular weight excluding hydrogens is 274 g/mol. The average Bonchev–Trinajstić information content (AvgIpc) is 2.96. The van der Waals surface area contributed by atoms with Gasteiger partial charge in [-0.05, 0) is 61.6 Å². The van der Waals surface area contributed by atoms with Gasteiger partial charge >= 0.3 is 0 Å². The minimum atomic E-state index is -0.587. The lowest BCUT2D eigenvalue weighted by molar-refractivity contribution is -0.0766. The molecule has 1 aliphatic heterocycles. The Morgan fingerprint density at radius 3 is 2.36 bits per heavy atom. The van der Waals surface area contributed by atoms with Crippen LogP contribution in [0.3, 0.4) is 0 Å². The summed E-state index contributed by atoms with van der Waals surface area (Å²) in [6.45, 7) is 4.96. The highest BCUT2D eigenvalue weighted by atomic mass is 16.5. The Morgan fingerprint density at radius 1 is 1.09 bits per heavy atom. The van der Waals surface area contributed by atoms with Crippen LogP contribution >= 0.6 is 0 Å². The van der Waals surface area contributed by atoms with E-state index in [1.165, 1.54) is 17.7 Å². The van der Waals surface area contributed by atoms with Crippen molar-refractivity contribution in [2.45, 2.75) is 51.0 Å². The summed E-state index contributed by atoms with van der Waals surface area (Å²) in [7, 11) is 1.68. The molecule has 0 amide bonds. The van der Waals surface area contributed by atoms with Gasteiger partial charge in [0.1, 0.15) is 0 Å². The van der Waals surface area contributed by atoms with Gasteiger partial charge in [0.15, 0.2) is 0 Å². The number of hydrogen-bond donors (Lipinski definition) is 1. The molecule has 1 saturated heterocycles. The second-order valence-corrected chi connectivity index (χ2v) is 7.35. The first kappa shape index (κ1) is 15.8. The van der Waals surface area contributed by atoms with E-state index < -0.39 is 5.60 Å². The van der Waals surface area contributed by atoms with Crippen LogP contribution in [-0.4, -0.2) is 37.5 Å². The van der Waals surface area contributed by atoms with Gasteiger partial charge in [-0.2, -0.15) is 0 Å². The van der Waals surface area contributed by atoms with Crippen LogP contribution in [0.25, 0.3) is 0 Å². The monoisotopic (exact) mass is 303 g/mol. The van der Waals surface area contributed by atoms with Crippen LogP contribution in [0.2, 0.25) is 0 Å². The summed E-state index contributed by atoms with van der Waals surface area (Å²) in [5.74, 6) is 0. The van der Waals surface area contributed by atoms with Crippen LogP contribution in [0.5, 0.6) is 0 Å². The van der Waals surface area contributed by atoms with Gasteiger partial charge in [-0.25, -0.2) is 0 Å². The molecule has 1 spiro atoms. The summed E-state index contributed by atoms with van der Waals surface area (Å²) in [4.78, 5) is 2.53. The zero-order chi connectivity index (χ0) is 15.6. The molecular formula is C19H29NO2. The van der Waals surface area contributed by atoms with E-state index in [1.54, 1.807) is 7.11 Å². The molecule has 122 valence electrons. The van der Waals surface area contributed by atoms with E-state index in [9.17, 15) is 5.11 Å². The lowest BCUT2D eigenvalue weighted by Crippen LogP contribution is -2.43. The molecule has 2 fully saturated rings. The fourth-order valence-electron chi connectivity index (χ4n) is 4.16. The third-order valence-corrected chi connectivity index (χ3v) is 5.80. The minimum absolute atomic E-state index is 0.406.